The Morgan fingerprint density at radius 2 is 1.89 bits per heavy atom. The Labute approximate surface area is 174 Å². The van der Waals surface area contributed by atoms with Gasteiger partial charge in [-0.05, 0) is 50.0 Å². The third kappa shape index (κ3) is 9.23. The van der Waals surface area contributed by atoms with Crippen LogP contribution in [0.2, 0.25) is 10.0 Å². The lowest BCUT2D eigenvalue weighted by atomic mass is 10.1. The van der Waals surface area contributed by atoms with Gasteiger partial charge in [0.05, 0.1) is 23.0 Å². The molecule has 28 heavy (non-hydrogen) atoms. The van der Waals surface area contributed by atoms with Crippen molar-refractivity contribution in [3.63, 3.8) is 0 Å². The molecule has 0 spiro atoms. The number of hydrogen-bond acceptors (Lipinski definition) is 7. The van der Waals surface area contributed by atoms with Gasteiger partial charge in [-0.15, -0.1) is 0 Å². The van der Waals surface area contributed by atoms with Gasteiger partial charge in [-0.3, -0.25) is 9.79 Å². The van der Waals surface area contributed by atoms with Crippen molar-refractivity contribution in [2.45, 2.75) is 25.7 Å². The summed E-state index contributed by atoms with van der Waals surface area (Å²) in [4.78, 5) is 15.2. The number of carbonyl (C=O) groups is 1. The number of oxime groups is 1. The van der Waals surface area contributed by atoms with Crippen molar-refractivity contribution in [2.24, 2.45) is 21.7 Å². The third-order valence-corrected chi connectivity index (χ3v) is 4.20. The SMILES string of the molecule is NNC=NCCCCNCCCOc1c(Cl)cc(C/C(=N/O)C(N)=O)cc1Cl. The van der Waals surface area contributed by atoms with E-state index >= 15 is 0 Å². The second-order valence-corrected chi connectivity index (χ2v) is 6.65. The van der Waals surface area contributed by atoms with Crippen molar-refractivity contribution in [3.8, 4) is 5.75 Å². The Hall–Kier alpha value is -2.07. The quantitative estimate of drug-likeness (QED) is 0.0750. The molecule has 0 heterocycles. The van der Waals surface area contributed by atoms with Gasteiger partial charge in [0.2, 0.25) is 0 Å². The Morgan fingerprint density at radius 3 is 2.50 bits per heavy atom. The number of unbranched alkanes of at least 4 members (excludes halogenated alkanes) is 1. The molecule has 7 N–H and O–H groups in total. The van der Waals surface area contributed by atoms with Gasteiger partial charge in [0.1, 0.15) is 5.71 Å². The van der Waals surface area contributed by atoms with Gasteiger partial charge < -0.3 is 26.4 Å². The molecular weight excluding hydrogens is 407 g/mol. The average Bonchev–Trinajstić information content (AvgIpc) is 2.65. The monoisotopic (exact) mass is 432 g/mol. The van der Waals surface area contributed by atoms with Crippen molar-refractivity contribution in [2.75, 3.05) is 26.2 Å². The van der Waals surface area contributed by atoms with E-state index in [1.165, 1.54) is 6.34 Å². The predicted octanol–water partition coefficient (Wildman–Crippen LogP) is 1.48. The summed E-state index contributed by atoms with van der Waals surface area (Å²) < 4.78 is 5.66. The van der Waals surface area contributed by atoms with Crippen LogP contribution in [0.25, 0.3) is 0 Å². The number of hydrazine groups is 1. The average molecular weight is 433 g/mol. The number of nitrogens with zero attached hydrogens (tertiary/aromatic N) is 2. The van der Waals surface area contributed by atoms with Gasteiger partial charge in [-0.25, -0.2) is 5.84 Å². The molecule has 1 aromatic carbocycles. The first-order valence-corrected chi connectivity index (χ1v) is 9.51. The predicted molar refractivity (Wildman–Crippen MR) is 111 cm³/mol. The smallest absolute Gasteiger partial charge is 0.266 e. The maximum Gasteiger partial charge on any atom is 0.266 e. The number of nitrogens with one attached hydrogen (secondary N) is 2. The van der Waals surface area contributed by atoms with Crippen LogP contribution in [0.4, 0.5) is 0 Å². The molecule has 1 amide bonds. The van der Waals surface area contributed by atoms with Gasteiger partial charge in [0, 0.05) is 13.0 Å². The highest BCUT2D eigenvalue weighted by Crippen LogP contribution is 2.34. The van der Waals surface area contributed by atoms with Crippen molar-refractivity contribution < 1.29 is 14.7 Å². The first kappa shape index (κ1) is 24.0. The molecule has 9 nitrogen and oxygen atoms in total. The van der Waals surface area contributed by atoms with Crippen LogP contribution in [-0.4, -0.2) is 49.4 Å². The van der Waals surface area contributed by atoms with E-state index in [0.717, 1.165) is 38.9 Å². The normalized spacial score (nSPS) is 11.8. The van der Waals surface area contributed by atoms with Crippen LogP contribution in [-0.2, 0) is 11.2 Å². The molecule has 0 aromatic heterocycles. The third-order valence-electron chi connectivity index (χ3n) is 3.64. The van der Waals surface area contributed by atoms with Gasteiger partial charge in [0.15, 0.2) is 5.75 Å². The largest absolute Gasteiger partial charge is 0.490 e. The Bertz CT molecular complexity index is 662. The number of halogens is 2. The van der Waals surface area contributed by atoms with E-state index < -0.39 is 5.91 Å². The first-order chi connectivity index (χ1) is 13.5. The summed E-state index contributed by atoms with van der Waals surface area (Å²) in [6.45, 7) is 2.89. The number of rotatable bonds is 14. The zero-order valence-electron chi connectivity index (χ0n) is 15.5. The number of primary amides is 1. The van der Waals surface area contributed by atoms with E-state index in [1.54, 1.807) is 12.1 Å². The zero-order valence-corrected chi connectivity index (χ0v) is 17.0. The van der Waals surface area contributed by atoms with E-state index in [9.17, 15) is 4.79 Å². The molecule has 0 fully saturated rings. The van der Waals surface area contributed by atoms with Crippen molar-refractivity contribution in [1.29, 1.82) is 0 Å². The molecule has 0 radical (unpaired) electrons. The number of ether oxygens (including phenoxy) is 1. The summed E-state index contributed by atoms with van der Waals surface area (Å²) in [6, 6.07) is 3.19. The summed E-state index contributed by atoms with van der Waals surface area (Å²) in [7, 11) is 0. The van der Waals surface area contributed by atoms with Gasteiger partial charge in [-0.2, -0.15) is 0 Å². The zero-order chi connectivity index (χ0) is 20.8. The molecule has 1 aromatic rings. The molecule has 1 rings (SSSR count). The lowest BCUT2D eigenvalue weighted by Crippen LogP contribution is -2.25. The van der Waals surface area contributed by atoms with Crippen molar-refractivity contribution in [3.05, 3.63) is 27.7 Å². The summed E-state index contributed by atoms with van der Waals surface area (Å²) in [6.07, 6.45) is 4.28. The fourth-order valence-corrected chi connectivity index (χ4v) is 2.93. The van der Waals surface area contributed by atoms with Crippen molar-refractivity contribution >= 4 is 41.2 Å². The molecule has 0 saturated heterocycles. The van der Waals surface area contributed by atoms with E-state index in [1.807, 2.05) is 0 Å². The molecule has 0 aliphatic carbocycles. The second kappa shape index (κ2) is 14.0. The van der Waals surface area contributed by atoms with E-state index in [-0.39, 0.29) is 12.1 Å². The molecule has 0 atom stereocenters. The topological polar surface area (TPSA) is 147 Å². The van der Waals surface area contributed by atoms with Crippen LogP contribution in [0.1, 0.15) is 24.8 Å². The maximum atomic E-state index is 11.1. The van der Waals surface area contributed by atoms with Crippen molar-refractivity contribution in [1.82, 2.24) is 10.7 Å². The highest BCUT2D eigenvalue weighted by atomic mass is 35.5. The number of amides is 1. The number of hydrogen-bond donors (Lipinski definition) is 5. The molecule has 156 valence electrons. The fraction of sp³-hybridized carbons (Fsp3) is 0.471. The minimum atomic E-state index is -0.817. The molecule has 0 unspecified atom stereocenters. The van der Waals surface area contributed by atoms with Gasteiger partial charge in [-0.1, -0.05) is 28.4 Å². The Balaban J connectivity index is 2.33. The van der Waals surface area contributed by atoms with Gasteiger partial charge >= 0.3 is 0 Å². The number of aliphatic imine (C=N–C) groups is 1. The molecular formula is C17H26Cl2N6O3. The maximum absolute atomic E-state index is 11.1. The van der Waals surface area contributed by atoms with E-state index in [4.69, 9.17) is 44.7 Å². The highest BCUT2D eigenvalue weighted by molar-refractivity contribution is 6.39. The molecule has 0 aliphatic rings. The van der Waals surface area contributed by atoms with Gasteiger partial charge in [0.25, 0.3) is 5.91 Å². The Morgan fingerprint density at radius 1 is 1.21 bits per heavy atom. The molecule has 11 heteroatoms. The van der Waals surface area contributed by atoms with Crippen LogP contribution in [0, 0.1) is 0 Å². The van der Waals surface area contributed by atoms with Crippen LogP contribution in [0.15, 0.2) is 22.3 Å². The van der Waals surface area contributed by atoms with E-state index in [0.29, 0.717) is 28.0 Å². The Kier molecular flexibility index (Phi) is 12.0. The fourth-order valence-electron chi connectivity index (χ4n) is 2.28. The lowest BCUT2D eigenvalue weighted by Gasteiger charge is -2.12. The lowest BCUT2D eigenvalue weighted by molar-refractivity contribution is -0.112. The summed E-state index contributed by atoms with van der Waals surface area (Å²) in [5, 5.41) is 15.6. The number of benzene rings is 1. The summed E-state index contributed by atoms with van der Waals surface area (Å²) in [5.74, 6) is 4.63. The number of nitrogens with two attached hydrogens (primary N) is 2. The van der Waals surface area contributed by atoms with Crippen LogP contribution >= 0.6 is 23.2 Å². The standard InChI is InChI=1S/C17H26Cl2N6O3/c18-13-8-12(10-15(25-27)17(20)26)9-14(19)16(13)28-7-3-6-22-4-1-2-5-23-11-24-21/h8-9,11,22,27H,1-7,10,21H2,(H2,20,26)(H,23,24)/b25-15-. The molecule has 0 bridgehead atoms. The number of carbonyl (C=O) groups excluding carboxylic acids is 1. The van der Waals surface area contributed by atoms with Crippen LogP contribution in [0.5, 0.6) is 5.75 Å². The second-order valence-electron chi connectivity index (χ2n) is 5.84. The van der Waals surface area contributed by atoms with E-state index in [2.05, 4.69) is 20.9 Å². The highest BCUT2D eigenvalue weighted by Gasteiger charge is 2.14. The van der Waals surface area contributed by atoms with Crippen LogP contribution < -0.4 is 27.1 Å². The minimum absolute atomic E-state index is 0.0174. The molecule has 0 aliphatic heterocycles. The summed E-state index contributed by atoms with van der Waals surface area (Å²) >= 11 is 12.4. The summed E-state index contributed by atoms with van der Waals surface area (Å²) in [5.41, 5.74) is 7.87. The molecule has 0 saturated carbocycles. The minimum Gasteiger partial charge on any atom is -0.490 e. The first-order valence-electron chi connectivity index (χ1n) is 8.76. The van der Waals surface area contributed by atoms with Crippen LogP contribution in [0.3, 0.4) is 0 Å².